The van der Waals surface area contributed by atoms with Gasteiger partial charge in [-0.15, -0.1) is 0 Å². The topological polar surface area (TPSA) is 84.0 Å². The van der Waals surface area contributed by atoms with Crippen LogP contribution in [0.2, 0.25) is 10.0 Å². The van der Waals surface area contributed by atoms with E-state index in [0.29, 0.717) is 18.6 Å². The lowest BCUT2D eigenvalue weighted by Crippen LogP contribution is -2.52. The molecule has 2 aromatic rings. The van der Waals surface area contributed by atoms with Crippen LogP contribution in [0.5, 0.6) is 5.75 Å². The van der Waals surface area contributed by atoms with Gasteiger partial charge in [-0.25, -0.2) is 5.01 Å². The average molecular weight is 647 g/mol. The van der Waals surface area contributed by atoms with E-state index in [1.54, 1.807) is 18.2 Å². The molecule has 4 rings (SSSR count). The lowest BCUT2D eigenvalue weighted by Gasteiger charge is -2.30. The fourth-order valence-corrected chi connectivity index (χ4v) is 5.89. The Balaban J connectivity index is 1.71. The van der Waals surface area contributed by atoms with Crippen LogP contribution >= 0.6 is 55.1 Å². The summed E-state index contributed by atoms with van der Waals surface area (Å²) in [6, 6.07) is 10.6. The van der Waals surface area contributed by atoms with Gasteiger partial charge in [-0.05, 0) is 43.2 Å². The molecule has 1 saturated carbocycles. The van der Waals surface area contributed by atoms with Gasteiger partial charge >= 0.3 is 0 Å². The van der Waals surface area contributed by atoms with Crippen LogP contribution in [0.4, 0.5) is 0 Å². The molecule has 184 valence electrons. The minimum atomic E-state index is -0.717. The summed E-state index contributed by atoms with van der Waals surface area (Å²) in [6.07, 6.45) is 0.862. The maximum atomic E-state index is 13.6. The second-order valence-electron chi connectivity index (χ2n) is 8.35. The Hall–Kier alpha value is -1.94. The third-order valence-electron chi connectivity index (χ3n) is 6.22. The number of hydrogen-bond acceptors (Lipinski definition) is 5. The Morgan fingerprint density at radius 2 is 1.60 bits per heavy atom. The third-order valence-corrected chi connectivity index (χ3v) is 9.69. The van der Waals surface area contributed by atoms with Gasteiger partial charge in [0.1, 0.15) is 12.3 Å². The normalized spacial score (nSPS) is 23.7. The zero-order valence-corrected chi connectivity index (χ0v) is 23.1. The fourth-order valence-electron chi connectivity index (χ4n) is 4.35. The predicted molar refractivity (Wildman–Crippen MR) is 138 cm³/mol. The number of nitrogens with zero attached hydrogens (tertiary/aromatic N) is 2. The van der Waals surface area contributed by atoms with Crippen molar-refractivity contribution in [3.63, 3.8) is 0 Å². The highest BCUT2D eigenvalue weighted by Gasteiger charge is 2.54. The number of benzene rings is 2. The highest BCUT2D eigenvalue weighted by Crippen LogP contribution is 2.43. The Morgan fingerprint density at radius 1 is 0.971 bits per heavy atom. The monoisotopic (exact) mass is 644 g/mol. The number of carbonyl (C=O) groups excluding carboxylic acids is 4. The van der Waals surface area contributed by atoms with Gasteiger partial charge in [0.15, 0.2) is 5.78 Å². The molecule has 7 nitrogen and oxygen atoms in total. The molecule has 1 aliphatic carbocycles. The summed E-state index contributed by atoms with van der Waals surface area (Å²) < 4.78 is 5.18. The highest BCUT2D eigenvalue weighted by atomic mass is 79.9. The first-order valence-electron chi connectivity index (χ1n) is 10.7. The van der Waals surface area contributed by atoms with Crippen LogP contribution in [0.25, 0.3) is 0 Å². The van der Waals surface area contributed by atoms with E-state index in [0.717, 1.165) is 10.0 Å². The van der Waals surface area contributed by atoms with E-state index in [2.05, 4.69) is 31.9 Å². The third kappa shape index (κ3) is 5.14. The lowest BCUT2D eigenvalue weighted by molar-refractivity contribution is -0.154. The Bertz CT molecular complexity index is 1180. The molecule has 0 radical (unpaired) electrons. The molecule has 0 unspecified atom stereocenters. The first-order valence-corrected chi connectivity index (χ1v) is 13.3. The number of hydrogen-bond donors (Lipinski definition) is 0. The summed E-state index contributed by atoms with van der Waals surface area (Å²) in [5.74, 6) is -2.90. The van der Waals surface area contributed by atoms with E-state index in [1.165, 1.54) is 31.4 Å². The van der Waals surface area contributed by atoms with Crippen LogP contribution in [0.1, 0.15) is 33.6 Å². The predicted octanol–water partition coefficient (Wildman–Crippen LogP) is 5.16. The number of ketones is 1. The summed E-state index contributed by atoms with van der Waals surface area (Å²) in [4.78, 5) is 53.6. The molecule has 1 heterocycles. The molecule has 0 bridgehead atoms. The second kappa shape index (κ2) is 10.6. The smallest absolute Gasteiger partial charge is 0.273 e. The van der Waals surface area contributed by atoms with Crippen LogP contribution in [0, 0.1) is 11.8 Å². The molecule has 11 heteroatoms. The minimum absolute atomic E-state index is 0.00177. The molecule has 3 amide bonds. The summed E-state index contributed by atoms with van der Waals surface area (Å²) in [6.45, 7) is -0.529. The van der Waals surface area contributed by atoms with Crippen molar-refractivity contribution < 1.29 is 23.9 Å². The molecule has 1 aliphatic heterocycles. The van der Waals surface area contributed by atoms with Crippen LogP contribution < -0.4 is 4.74 Å². The van der Waals surface area contributed by atoms with Gasteiger partial charge in [-0.2, -0.15) is 5.01 Å². The molecule has 4 atom stereocenters. The van der Waals surface area contributed by atoms with Crippen LogP contribution in [0.15, 0.2) is 42.5 Å². The number of amides is 3. The molecule has 0 spiro atoms. The fraction of sp³-hybridized carbons (Fsp3) is 0.333. The number of rotatable bonds is 6. The summed E-state index contributed by atoms with van der Waals surface area (Å²) in [7, 11) is 1.47. The van der Waals surface area contributed by atoms with Crippen molar-refractivity contribution in [3.8, 4) is 5.75 Å². The Morgan fingerprint density at radius 3 is 2.17 bits per heavy atom. The van der Waals surface area contributed by atoms with E-state index >= 15 is 0 Å². The molecule has 2 aromatic carbocycles. The largest absolute Gasteiger partial charge is 0.497 e. The number of alkyl halides is 2. The number of ether oxygens (including phenoxy) is 1. The maximum absolute atomic E-state index is 13.6. The van der Waals surface area contributed by atoms with Crippen molar-refractivity contribution in [2.45, 2.75) is 22.5 Å². The Kier molecular flexibility index (Phi) is 7.90. The van der Waals surface area contributed by atoms with E-state index in [-0.39, 0.29) is 30.8 Å². The molecule has 0 aromatic heterocycles. The van der Waals surface area contributed by atoms with E-state index < -0.39 is 41.9 Å². The minimum Gasteiger partial charge on any atom is -0.497 e. The first-order chi connectivity index (χ1) is 16.6. The van der Waals surface area contributed by atoms with E-state index in [9.17, 15) is 19.2 Å². The maximum Gasteiger partial charge on any atom is 0.273 e. The van der Waals surface area contributed by atoms with Crippen molar-refractivity contribution in [2.75, 3.05) is 13.7 Å². The van der Waals surface area contributed by atoms with Crippen LogP contribution in [0.3, 0.4) is 0 Å². The number of halogens is 4. The number of fused-ring (bicyclic) bond motifs is 1. The van der Waals surface area contributed by atoms with Gasteiger partial charge in [0.2, 0.25) is 0 Å². The van der Waals surface area contributed by atoms with Gasteiger partial charge < -0.3 is 4.74 Å². The number of methoxy groups -OCH3 is 1. The highest BCUT2D eigenvalue weighted by molar-refractivity contribution is 9.12. The van der Waals surface area contributed by atoms with Gasteiger partial charge in [-0.3, -0.25) is 19.2 Å². The second-order valence-corrected chi connectivity index (χ2v) is 11.5. The van der Waals surface area contributed by atoms with Gasteiger partial charge in [0, 0.05) is 20.8 Å². The molecule has 1 saturated heterocycles. The van der Waals surface area contributed by atoms with Crippen molar-refractivity contribution in [3.05, 3.63) is 63.6 Å². The molecule has 2 fully saturated rings. The van der Waals surface area contributed by atoms with Crippen LogP contribution in [-0.4, -0.2) is 56.8 Å². The average Bonchev–Trinajstić information content (AvgIpc) is 3.08. The Labute approximate surface area is 228 Å². The first kappa shape index (κ1) is 26.1. The van der Waals surface area contributed by atoms with Crippen molar-refractivity contribution >= 4 is 78.6 Å². The van der Waals surface area contributed by atoms with Crippen molar-refractivity contribution in [2.24, 2.45) is 11.8 Å². The van der Waals surface area contributed by atoms with E-state index in [4.69, 9.17) is 27.9 Å². The molecule has 35 heavy (non-hydrogen) atoms. The standard InChI is InChI=1S/C24H20Br2Cl2N2O5/c1-35-14-4-2-3-12(7-14)21(31)11-29(22(32)13-5-6-19(27)20(28)8-13)30-23(33)15-9-17(25)18(26)10-16(15)24(30)34/h2-8,15-18H,9-11H2,1H3/t15-,16-,17-,18+/m1/s1. The van der Waals surface area contributed by atoms with Gasteiger partial charge in [0.05, 0.1) is 29.0 Å². The van der Waals surface area contributed by atoms with Crippen molar-refractivity contribution in [1.82, 2.24) is 10.0 Å². The number of hydrazine groups is 1. The molecule has 0 N–H and O–H groups in total. The number of Topliss-reactive ketones (excluding diaryl/α,β-unsaturated/α-hetero) is 1. The quantitative estimate of drug-likeness (QED) is 0.246. The number of carbonyl (C=O) groups is 4. The molecular weight excluding hydrogens is 627 g/mol. The summed E-state index contributed by atoms with van der Waals surface area (Å²) in [5, 5.41) is 2.13. The molecule has 2 aliphatic rings. The molecular formula is C24H20Br2Cl2N2O5. The zero-order chi connectivity index (χ0) is 25.4. The summed E-state index contributed by atoms with van der Waals surface area (Å²) >= 11 is 19.2. The SMILES string of the molecule is COc1cccc(C(=O)CN(C(=O)c2ccc(Cl)c(Cl)c2)N2C(=O)[C@@H]3C[C@@H](Br)[C@@H](Br)C[C@H]3C2=O)c1. The van der Waals surface area contributed by atoms with Crippen LogP contribution in [-0.2, 0) is 9.59 Å². The van der Waals surface area contributed by atoms with Crippen molar-refractivity contribution in [1.29, 1.82) is 0 Å². The summed E-state index contributed by atoms with van der Waals surface area (Å²) in [5.41, 5.74) is 0.360. The number of imide groups is 1. The van der Waals surface area contributed by atoms with E-state index in [1.807, 2.05) is 0 Å². The van der Waals surface area contributed by atoms with Gasteiger partial charge in [0.25, 0.3) is 17.7 Å². The zero-order valence-electron chi connectivity index (χ0n) is 18.4. The lowest BCUT2D eigenvalue weighted by atomic mass is 9.81. The van der Waals surface area contributed by atoms with Gasteiger partial charge in [-0.1, -0.05) is 67.2 Å².